The Morgan fingerprint density at radius 3 is 2.25 bits per heavy atom. The Morgan fingerprint density at radius 1 is 0.893 bits per heavy atom. The molecule has 3 N–H and O–H groups in total. The molecule has 28 heavy (non-hydrogen) atoms. The monoisotopic (exact) mass is 381 g/mol. The summed E-state index contributed by atoms with van der Waals surface area (Å²) < 4.78 is 0. The molecule has 3 amide bonds. The van der Waals surface area contributed by atoms with E-state index in [9.17, 15) is 9.59 Å². The van der Waals surface area contributed by atoms with Crippen molar-refractivity contribution in [1.82, 2.24) is 15.8 Å². The first kappa shape index (κ1) is 19.7. The molecular weight excluding hydrogens is 354 g/mol. The van der Waals surface area contributed by atoms with Crippen molar-refractivity contribution in [3.63, 3.8) is 0 Å². The summed E-state index contributed by atoms with van der Waals surface area (Å²) in [5.41, 5.74) is 7.86. The molecule has 148 valence electrons. The number of amides is 3. The van der Waals surface area contributed by atoms with Crippen LogP contribution in [0, 0.1) is 6.92 Å². The number of piperazine rings is 1. The molecule has 0 aliphatic carbocycles. The van der Waals surface area contributed by atoms with Crippen LogP contribution in [0.2, 0.25) is 0 Å². The maximum absolute atomic E-state index is 12.0. The van der Waals surface area contributed by atoms with Crippen LogP contribution in [0.3, 0.4) is 0 Å². The van der Waals surface area contributed by atoms with E-state index in [1.807, 2.05) is 49.4 Å². The van der Waals surface area contributed by atoms with Crippen LogP contribution in [-0.2, 0) is 4.79 Å². The SMILES string of the molecule is Cc1ccc(NC(=O)NNC(=O)CCN2CCN(c3ccccc3)CC2)cc1. The number of hydrogen-bond donors (Lipinski definition) is 3. The van der Waals surface area contributed by atoms with E-state index in [1.165, 1.54) is 5.69 Å². The third kappa shape index (κ3) is 5.99. The number of aryl methyl sites for hydroxylation is 1. The number of anilines is 2. The summed E-state index contributed by atoms with van der Waals surface area (Å²) in [7, 11) is 0. The first-order valence-corrected chi connectivity index (χ1v) is 9.55. The zero-order chi connectivity index (χ0) is 19.8. The van der Waals surface area contributed by atoms with Gasteiger partial charge in [-0.05, 0) is 31.2 Å². The average Bonchev–Trinajstić information content (AvgIpc) is 2.73. The molecule has 3 rings (SSSR count). The summed E-state index contributed by atoms with van der Waals surface area (Å²) in [6.45, 7) is 6.39. The number of hydrogen-bond acceptors (Lipinski definition) is 4. The number of carbonyl (C=O) groups excluding carboxylic acids is 2. The maximum Gasteiger partial charge on any atom is 0.337 e. The van der Waals surface area contributed by atoms with Crippen molar-refractivity contribution < 1.29 is 9.59 Å². The third-order valence-electron chi connectivity index (χ3n) is 4.77. The molecule has 1 saturated heterocycles. The van der Waals surface area contributed by atoms with Gasteiger partial charge >= 0.3 is 6.03 Å². The van der Waals surface area contributed by atoms with Crippen LogP contribution in [0.4, 0.5) is 16.2 Å². The molecule has 1 aliphatic rings. The smallest absolute Gasteiger partial charge is 0.337 e. The Bertz CT molecular complexity index is 771. The largest absolute Gasteiger partial charge is 0.369 e. The van der Waals surface area contributed by atoms with E-state index in [0.717, 1.165) is 31.7 Å². The number of hydrazine groups is 1. The summed E-state index contributed by atoms with van der Waals surface area (Å²) in [6.07, 6.45) is 0.343. The zero-order valence-corrected chi connectivity index (χ0v) is 16.1. The number of benzene rings is 2. The van der Waals surface area contributed by atoms with Gasteiger partial charge in [0.1, 0.15) is 0 Å². The minimum atomic E-state index is -0.464. The van der Waals surface area contributed by atoms with Crippen LogP contribution in [0.15, 0.2) is 54.6 Å². The predicted octanol–water partition coefficient (Wildman–Crippen LogP) is 2.36. The minimum absolute atomic E-state index is 0.204. The Hall–Kier alpha value is -3.06. The fourth-order valence-corrected chi connectivity index (χ4v) is 3.12. The Kier molecular flexibility index (Phi) is 6.86. The normalized spacial score (nSPS) is 14.4. The molecule has 0 saturated carbocycles. The van der Waals surface area contributed by atoms with Crippen LogP contribution < -0.4 is 21.1 Å². The molecule has 7 heteroatoms. The van der Waals surface area contributed by atoms with Gasteiger partial charge in [0, 0.05) is 50.5 Å². The van der Waals surface area contributed by atoms with E-state index in [2.05, 4.69) is 38.1 Å². The van der Waals surface area contributed by atoms with Crippen molar-refractivity contribution in [2.24, 2.45) is 0 Å². The van der Waals surface area contributed by atoms with Crippen LogP contribution in [0.25, 0.3) is 0 Å². The minimum Gasteiger partial charge on any atom is -0.369 e. The lowest BCUT2D eigenvalue weighted by Gasteiger charge is -2.36. The van der Waals surface area contributed by atoms with Crippen molar-refractivity contribution in [2.45, 2.75) is 13.3 Å². The number of carbonyl (C=O) groups is 2. The molecule has 1 heterocycles. The Morgan fingerprint density at radius 2 is 1.57 bits per heavy atom. The molecule has 0 radical (unpaired) electrons. The zero-order valence-electron chi connectivity index (χ0n) is 16.1. The van der Waals surface area contributed by atoms with E-state index < -0.39 is 6.03 Å². The quantitative estimate of drug-likeness (QED) is 0.695. The van der Waals surface area contributed by atoms with Crippen molar-refractivity contribution in [3.8, 4) is 0 Å². The van der Waals surface area contributed by atoms with E-state index in [0.29, 0.717) is 18.7 Å². The van der Waals surface area contributed by atoms with Gasteiger partial charge in [-0.25, -0.2) is 10.2 Å². The van der Waals surface area contributed by atoms with E-state index >= 15 is 0 Å². The van der Waals surface area contributed by atoms with E-state index in [1.54, 1.807) is 0 Å². The van der Waals surface area contributed by atoms with Crippen LogP contribution in [0.1, 0.15) is 12.0 Å². The van der Waals surface area contributed by atoms with Gasteiger partial charge in [0.05, 0.1) is 0 Å². The standard InChI is InChI=1S/C21H27N5O2/c1-17-7-9-18(10-8-17)22-21(28)24-23-20(27)11-12-25-13-15-26(16-14-25)19-5-3-2-4-6-19/h2-10H,11-16H2,1H3,(H,23,27)(H2,22,24,28). The summed E-state index contributed by atoms with van der Waals surface area (Å²) >= 11 is 0. The van der Waals surface area contributed by atoms with Gasteiger partial charge in [0.25, 0.3) is 0 Å². The lowest BCUT2D eigenvalue weighted by atomic mass is 10.2. The fourth-order valence-electron chi connectivity index (χ4n) is 3.12. The number of rotatable bonds is 5. The summed E-state index contributed by atoms with van der Waals surface area (Å²) in [5.74, 6) is -0.204. The van der Waals surface area contributed by atoms with Crippen molar-refractivity contribution in [1.29, 1.82) is 0 Å². The van der Waals surface area contributed by atoms with Crippen LogP contribution >= 0.6 is 0 Å². The first-order chi connectivity index (χ1) is 13.6. The van der Waals surface area contributed by atoms with Gasteiger partial charge in [0.2, 0.25) is 5.91 Å². The summed E-state index contributed by atoms with van der Waals surface area (Å²) in [5, 5.41) is 2.67. The highest BCUT2D eigenvalue weighted by Gasteiger charge is 2.17. The van der Waals surface area contributed by atoms with Gasteiger partial charge in [-0.1, -0.05) is 35.9 Å². The topological polar surface area (TPSA) is 76.7 Å². The second kappa shape index (κ2) is 9.75. The van der Waals surface area contributed by atoms with Crippen LogP contribution in [-0.4, -0.2) is 49.6 Å². The molecule has 7 nitrogen and oxygen atoms in total. The van der Waals surface area contributed by atoms with Gasteiger partial charge in [-0.15, -0.1) is 0 Å². The van der Waals surface area contributed by atoms with Gasteiger partial charge in [0.15, 0.2) is 0 Å². The third-order valence-corrected chi connectivity index (χ3v) is 4.77. The summed E-state index contributed by atoms with van der Waals surface area (Å²) in [4.78, 5) is 28.4. The second-order valence-corrected chi connectivity index (χ2v) is 6.91. The first-order valence-electron chi connectivity index (χ1n) is 9.55. The van der Waals surface area contributed by atoms with Crippen molar-refractivity contribution >= 4 is 23.3 Å². The molecule has 0 bridgehead atoms. The van der Waals surface area contributed by atoms with Crippen molar-refractivity contribution in [2.75, 3.05) is 42.9 Å². The molecule has 0 aromatic heterocycles. The van der Waals surface area contributed by atoms with E-state index in [4.69, 9.17) is 0 Å². The number of para-hydroxylation sites is 1. The van der Waals surface area contributed by atoms with Gasteiger partial charge in [-0.2, -0.15) is 0 Å². The van der Waals surface area contributed by atoms with E-state index in [-0.39, 0.29) is 5.91 Å². The lowest BCUT2D eigenvalue weighted by Crippen LogP contribution is -2.48. The highest BCUT2D eigenvalue weighted by atomic mass is 16.2. The Balaban J connectivity index is 1.31. The van der Waals surface area contributed by atoms with Crippen LogP contribution in [0.5, 0.6) is 0 Å². The fraction of sp³-hybridized carbons (Fsp3) is 0.333. The molecule has 0 unspecified atom stereocenters. The molecule has 2 aromatic rings. The molecular formula is C21H27N5O2. The molecule has 0 atom stereocenters. The Labute approximate surface area is 165 Å². The lowest BCUT2D eigenvalue weighted by molar-refractivity contribution is -0.122. The number of nitrogens with zero attached hydrogens (tertiary/aromatic N) is 2. The second-order valence-electron chi connectivity index (χ2n) is 6.91. The molecule has 0 spiro atoms. The van der Waals surface area contributed by atoms with Gasteiger partial charge in [-0.3, -0.25) is 15.1 Å². The molecule has 2 aromatic carbocycles. The average molecular weight is 381 g/mol. The highest BCUT2D eigenvalue weighted by Crippen LogP contribution is 2.15. The maximum atomic E-state index is 12.0. The highest BCUT2D eigenvalue weighted by molar-refractivity contribution is 5.90. The van der Waals surface area contributed by atoms with Gasteiger partial charge < -0.3 is 10.2 Å². The predicted molar refractivity (Wildman–Crippen MR) is 111 cm³/mol. The molecule has 1 aliphatic heterocycles. The van der Waals surface area contributed by atoms with Crippen molar-refractivity contribution in [3.05, 3.63) is 60.2 Å². The number of urea groups is 1. The molecule has 1 fully saturated rings. The summed E-state index contributed by atoms with van der Waals surface area (Å²) in [6, 6.07) is 17.3. The number of nitrogens with one attached hydrogen (secondary N) is 3.